The summed E-state index contributed by atoms with van der Waals surface area (Å²) >= 11 is 0. The number of hydrogen-bond acceptors (Lipinski definition) is 6. The van der Waals surface area contributed by atoms with Gasteiger partial charge in [0.2, 0.25) is 15.9 Å². The number of hydrogen-bond donors (Lipinski definition) is 3. The van der Waals surface area contributed by atoms with Gasteiger partial charge in [-0.15, -0.1) is 0 Å². The van der Waals surface area contributed by atoms with Crippen LogP contribution in [-0.2, 0) is 16.6 Å². The molecular formula is C25H30N4O6S. The first kappa shape index (κ1) is 26.9. The molecule has 1 atom stereocenters. The average Bonchev–Trinajstić information content (AvgIpc) is 3.15. The number of carbonyl (C=O) groups excluding carboxylic acids is 1. The predicted octanol–water partition coefficient (Wildman–Crippen LogP) is 4.34. The van der Waals surface area contributed by atoms with Crippen molar-refractivity contribution in [3.05, 3.63) is 64.8 Å². The van der Waals surface area contributed by atoms with E-state index in [1.165, 1.54) is 22.9 Å². The number of carbonyl (C=O) groups is 2. The average molecular weight is 515 g/mol. The van der Waals surface area contributed by atoms with Crippen molar-refractivity contribution in [1.82, 2.24) is 14.5 Å². The minimum atomic E-state index is -4.07. The lowest BCUT2D eigenvalue weighted by Crippen LogP contribution is -2.32. The Labute approximate surface area is 210 Å². The zero-order valence-electron chi connectivity index (χ0n) is 20.8. The summed E-state index contributed by atoms with van der Waals surface area (Å²) in [6.07, 6.45) is 0.558. The maximum absolute atomic E-state index is 13.3. The third-order valence-electron chi connectivity index (χ3n) is 5.69. The molecule has 0 spiro atoms. The standard InChI is InChI=1S/C25H30N4O6S/c1-6-16(4)28-36(33,34)21-14-18(26-23(30)19-11-9-8-10-15(19)3)12-13-20(21)35-24-17(5)22(25(31)32)27-29(24)7-2/h8-14,16,28H,6-7H2,1-5H3,(H,26,30)(H,31,32)/t16-/m1/s1. The summed E-state index contributed by atoms with van der Waals surface area (Å²) in [5.41, 5.74) is 1.57. The third-order valence-corrected chi connectivity index (χ3v) is 7.30. The molecule has 0 saturated carbocycles. The second-order valence-electron chi connectivity index (χ2n) is 8.36. The van der Waals surface area contributed by atoms with Gasteiger partial charge in [-0.25, -0.2) is 22.6 Å². The van der Waals surface area contributed by atoms with Crippen molar-refractivity contribution in [2.24, 2.45) is 0 Å². The molecule has 36 heavy (non-hydrogen) atoms. The van der Waals surface area contributed by atoms with E-state index in [-0.39, 0.29) is 45.4 Å². The van der Waals surface area contributed by atoms with Crippen LogP contribution in [0.4, 0.5) is 5.69 Å². The summed E-state index contributed by atoms with van der Waals surface area (Å²) in [7, 11) is -4.07. The number of nitrogens with one attached hydrogen (secondary N) is 2. The summed E-state index contributed by atoms with van der Waals surface area (Å²) in [6.45, 7) is 9.00. The normalized spacial score (nSPS) is 12.2. The zero-order chi connectivity index (χ0) is 26.6. The highest BCUT2D eigenvalue weighted by Crippen LogP contribution is 2.34. The van der Waals surface area contributed by atoms with Gasteiger partial charge in [-0.2, -0.15) is 5.10 Å². The van der Waals surface area contributed by atoms with Crippen LogP contribution >= 0.6 is 0 Å². The van der Waals surface area contributed by atoms with Gasteiger partial charge in [-0.1, -0.05) is 25.1 Å². The second-order valence-corrected chi connectivity index (χ2v) is 10.0. The van der Waals surface area contributed by atoms with Gasteiger partial charge in [0.15, 0.2) is 5.69 Å². The first-order chi connectivity index (χ1) is 17.0. The Morgan fingerprint density at radius 1 is 1.14 bits per heavy atom. The number of ether oxygens (including phenoxy) is 1. The number of carboxylic acids is 1. The number of rotatable bonds is 10. The van der Waals surface area contributed by atoms with E-state index in [1.807, 2.05) is 26.0 Å². The molecule has 0 bridgehead atoms. The molecule has 0 radical (unpaired) electrons. The van der Waals surface area contributed by atoms with E-state index in [4.69, 9.17) is 4.74 Å². The molecule has 0 fully saturated rings. The van der Waals surface area contributed by atoms with Gasteiger partial charge in [-0.05, 0) is 63.9 Å². The molecule has 0 aliphatic carbocycles. The molecule has 0 aliphatic heterocycles. The summed E-state index contributed by atoms with van der Waals surface area (Å²) in [6, 6.07) is 11.0. The van der Waals surface area contributed by atoms with Gasteiger partial charge in [0, 0.05) is 29.4 Å². The number of sulfonamides is 1. The highest BCUT2D eigenvalue weighted by Gasteiger charge is 2.26. The van der Waals surface area contributed by atoms with Crippen LogP contribution in [0.5, 0.6) is 11.6 Å². The molecule has 3 N–H and O–H groups in total. The number of aromatic carboxylic acids is 1. The van der Waals surface area contributed by atoms with Crippen molar-refractivity contribution < 1.29 is 27.9 Å². The molecule has 1 aromatic heterocycles. The molecule has 1 heterocycles. The third kappa shape index (κ3) is 5.74. The summed E-state index contributed by atoms with van der Waals surface area (Å²) in [5.74, 6) is -1.52. The van der Waals surface area contributed by atoms with E-state index in [0.717, 1.165) is 5.56 Å². The van der Waals surface area contributed by atoms with Crippen LogP contribution in [0.25, 0.3) is 0 Å². The van der Waals surface area contributed by atoms with Crippen molar-refractivity contribution in [3.8, 4) is 11.6 Å². The van der Waals surface area contributed by atoms with Crippen LogP contribution in [0.15, 0.2) is 47.4 Å². The van der Waals surface area contributed by atoms with Crippen LogP contribution in [-0.4, -0.2) is 41.2 Å². The number of aromatic nitrogens is 2. The molecule has 0 saturated heterocycles. The molecule has 3 aromatic rings. The number of anilines is 1. The van der Waals surface area contributed by atoms with Crippen molar-refractivity contribution in [3.63, 3.8) is 0 Å². The molecule has 0 aliphatic rings. The van der Waals surface area contributed by atoms with E-state index < -0.39 is 16.0 Å². The molecule has 10 nitrogen and oxygen atoms in total. The fourth-order valence-corrected chi connectivity index (χ4v) is 4.98. The van der Waals surface area contributed by atoms with E-state index >= 15 is 0 Å². The number of nitrogens with zero attached hydrogens (tertiary/aromatic N) is 2. The lowest BCUT2D eigenvalue weighted by atomic mass is 10.1. The number of aryl methyl sites for hydroxylation is 2. The minimum absolute atomic E-state index is 0.0330. The molecule has 0 unspecified atom stereocenters. The zero-order valence-corrected chi connectivity index (χ0v) is 21.6. The molecule has 1 amide bonds. The fourth-order valence-electron chi connectivity index (χ4n) is 3.50. The smallest absolute Gasteiger partial charge is 0.356 e. The maximum atomic E-state index is 13.3. The Morgan fingerprint density at radius 3 is 2.44 bits per heavy atom. The van der Waals surface area contributed by atoms with Crippen LogP contribution in [0.3, 0.4) is 0 Å². The fraction of sp³-hybridized carbons (Fsp3) is 0.320. The van der Waals surface area contributed by atoms with Gasteiger partial charge in [0.1, 0.15) is 10.6 Å². The first-order valence-electron chi connectivity index (χ1n) is 11.5. The molecule has 11 heteroatoms. The van der Waals surface area contributed by atoms with E-state index in [1.54, 1.807) is 32.9 Å². The summed E-state index contributed by atoms with van der Waals surface area (Å²) in [4.78, 5) is 24.2. The predicted molar refractivity (Wildman–Crippen MR) is 135 cm³/mol. The molecule has 192 valence electrons. The van der Waals surface area contributed by atoms with Crippen molar-refractivity contribution in [2.75, 3.05) is 5.32 Å². The lowest BCUT2D eigenvalue weighted by Gasteiger charge is -2.17. The van der Waals surface area contributed by atoms with Gasteiger partial charge < -0.3 is 15.2 Å². The minimum Gasteiger partial charge on any atom is -0.476 e. The second kappa shape index (κ2) is 10.9. The Morgan fingerprint density at radius 2 is 1.83 bits per heavy atom. The van der Waals surface area contributed by atoms with Gasteiger partial charge in [0.05, 0.1) is 0 Å². The van der Waals surface area contributed by atoms with E-state index in [9.17, 15) is 23.1 Å². The summed E-state index contributed by atoms with van der Waals surface area (Å²) < 4.78 is 36.5. The van der Waals surface area contributed by atoms with Crippen molar-refractivity contribution in [2.45, 2.75) is 58.5 Å². The van der Waals surface area contributed by atoms with Gasteiger partial charge in [-0.3, -0.25) is 4.79 Å². The SMILES string of the molecule is CC[C@@H](C)NS(=O)(=O)c1cc(NC(=O)c2ccccc2C)ccc1Oc1c(C)c(C(=O)O)nn1CC. The Bertz CT molecular complexity index is 1400. The van der Waals surface area contributed by atoms with E-state index in [2.05, 4.69) is 15.1 Å². The quantitative estimate of drug-likeness (QED) is 0.366. The summed E-state index contributed by atoms with van der Waals surface area (Å²) in [5, 5.41) is 16.2. The monoisotopic (exact) mass is 514 g/mol. The largest absolute Gasteiger partial charge is 0.476 e. The highest BCUT2D eigenvalue weighted by molar-refractivity contribution is 7.89. The van der Waals surface area contributed by atoms with Crippen LogP contribution in [0.1, 0.15) is 59.2 Å². The van der Waals surface area contributed by atoms with Crippen LogP contribution in [0, 0.1) is 13.8 Å². The molecular weight excluding hydrogens is 484 g/mol. The Kier molecular flexibility index (Phi) is 8.16. The van der Waals surface area contributed by atoms with Gasteiger partial charge >= 0.3 is 5.97 Å². The lowest BCUT2D eigenvalue weighted by molar-refractivity contribution is 0.0688. The highest BCUT2D eigenvalue weighted by atomic mass is 32.2. The van der Waals surface area contributed by atoms with Crippen LogP contribution < -0.4 is 14.8 Å². The maximum Gasteiger partial charge on any atom is 0.356 e. The van der Waals surface area contributed by atoms with Gasteiger partial charge in [0.25, 0.3) is 5.91 Å². The molecule has 3 rings (SSSR count). The van der Waals surface area contributed by atoms with Crippen molar-refractivity contribution in [1.29, 1.82) is 0 Å². The first-order valence-corrected chi connectivity index (χ1v) is 13.0. The number of amides is 1. The Balaban J connectivity index is 2.07. The number of carboxylic acid groups (broad SMARTS) is 1. The topological polar surface area (TPSA) is 140 Å². The van der Waals surface area contributed by atoms with E-state index in [0.29, 0.717) is 18.5 Å². The number of benzene rings is 2. The molecule has 2 aromatic carbocycles. The Hall–Kier alpha value is -3.70. The van der Waals surface area contributed by atoms with Crippen LogP contribution in [0.2, 0.25) is 0 Å². The van der Waals surface area contributed by atoms with Crippen molar-refractivity contribution >= 4 is 27.6 Å².